The van der Waals surface area contributed by atoms with Gasteiger partial charge in [-0.3, -0.25) is 0 Å². The van der Waals surface area contributed by atoms with Crippen molar-refractivity contribution >= 4 is 0 Å². The van der Waals surface area contributed by atoms with Crippen molar-refractivity contribution in [3.8, 4) is 5.75 Å². The lowest BCUT2D eigenvalue weighted by molar-refractivity contribution is 0.402. The fourth-order valence-electron chi connectivity index (χ4n) is 2.33. The average molecular weight is 220 g/mol. The molecule has 1 fully saturated rings. The number of benzene rings is 1. The Morgan fingerprint density at radius 1 is 1.38 bits per heavy atom. The predicted octanol–water partition coefficient (Wildman–Crippen LogP) is 1.66. The number of hydrogen-bond acceptors (Lipinski definition) is 3. The van der Waals surface area contributed by atoms with E-state index in [2.05, 4.69) is 11.4 Å². The molecule has 0 aliphatic heterocycles. The van der Waals surface area contributed by atoms with Gasteiger partial charge in [-0.2, -0.15) is 0 Å². The first kappa shape index (κ1) is 11.4. The molecule has 1 aromatic rings. The molecule has 3 nitrogen and oxygen atoms in total. The molecule has 1 saturated carbocycles. The largest absolute Gasteiger partial charge is 0.496 e. The van der Waals surface area contributed by atoms with Gasteiger partial charge in [-0.05, 0) is 18.9 Å². The predicted molar refractivity (Wildman–Crippen MR) is 65.4 cm³/mol. The van der Waals surface area contributed by atoms with Gasteiger partial charge in [-0.15, -0.1) is 0 Å². The van der Waals surface area contributed by atoms with Crippen LogP contribution in [0.5, 0.6) is 5.75 Å². The molecule has 0 heterocycles. The summed E-state index contributed by atoms with van der Waals surface area (Å²) in [6.45, 7) is 0.836. The number of nitrogens with two attached hydrogens (primary N) is 1. The maximum absolute atomic E-state index is 6.02. The number of rotatable bonds is 4. The quantitative estimate of drug-likeness (QED) is 0.811. The molecule has 3 heteroatoms. The Balaban J connectivity index is 1.93. The van der Waals surface area contributed by atoms with E-state index in [4.69, 9.17) is 10.5 Å². The van der Waals surface area contributed by atoms with Crippen LogP contribution in [-0.2, 0) is 6.54 Å². The normalized spacial score (nSPS) is 24.6. The van der Waals surface area contributed by atoms with Crippen molar-refractivity contribution < 1.29 is 4.74 Å². The van der Waals surface area contributed by atoms with Gasteiger partial charge < -0.3 is 15.8 Å². The summed E-state index contributed by atoms with van der Waals surface area (Å²) >= 11 is 0. The highest BCUT2D eigenvalue weighted by atomic mass is 16.5. The van der Waals surface area contributed by atoms with Crippen molar-refractivity contribution in [1.82, 2.24) is 5.32 Å². The van der Waals surface area contributed by atoms with Crippen LogP contribution in [0.1, 0.15) is 24.8 Å². The van der Waals surface area contributed by atoms with E-state index in [9.17, 15) is 0 Å². The summed E-state index contributed by atoms with van der Waals surface area (Å²) in [6.07, 6.45) is 3.57. The van der Waals surface area contributed by atoms with E-state index < -0.39 is 0 Å². The third-order valence-electron chi connectivity index (χ3n) is 3.32. The van der Waals surface area contributed by atoms with Crippen molar-refractivity contribution in [1.29, 1.82) is 0 Å². The van der Waals surface area contributed by atoms with E-state index in [-0.39, 0.29) is 0 Å². The highest BCUT2D eigenvalue weighted by Crippen LogP contribution is 2.20. The first-order valence-corrected chi connectivity index (χ1v) is 5.92. The van der Waals surface area contributed by atoms with Crippen LogP contribution in [0, 0.1) is 0 Å². The number of para-hydroxylation sites is 1. The number of nitrogens with one attached hydrogen (secondary N) is 1. The smallest absolute Gasteiger partial charge is 0.123 e. The summed E-state index contributed by atoms with van der Waals surface area (Å²) in [5.41, 5.74) is 7.22. The molecule has 88 valence electrons. The zero-order chi connectivity index (χ0) is 11.4. The van der Waals surface area contributed by atoms with Crippen LogP contribution in [-0.4, -0.2) is 19.2 Å². The Bertz CT molecular complexity index is 340. The van der Waals surface area contributed by atoms with Gasteiger partial charge in [0, 0.05) is 24.2 Å². The first-order chi connectivity index (χ1) is 7.81. The van der Waals surface area contributed by atoms with Gasteiger partial charge in [0.15, 0.2) is 0 Å². The van der Waals surface area contributed by atoms with Crippen LogP contribution in [0.15, 0.2) is 24.3 Å². The summed E-state index contributed by atoms with van der Waals surface area (Å²) in [6, 6.07) is 8.88. The fraction of sp³-hybridized carbons (Fsp3) is 0.538. The SMILES string of the molecule is COc1ccccc1CNC1CCCC1N. The lowest BCUT2D eigenvalue weighted by atomic mass is 10.1. The molecule has 0 amide bonds. The fourth-order valence-corrected chi connectivity index (χ4v) is 2.33. The third-order valence-corrected chi connectivity index (χ3v) is 3.32. The van der Waals surface area contributed by atoms with E-state index in [0.29, 0.717) is 12.1 Å². The number of hydrogen-bond donors (Lipinski definition) is 2. The zero-order valence-electron chi connectivity index (χ0n) is 9.78. The molecule has 1 aliphatic rings. The van der Waals surface area contributed by atoms with E-state index in [1.807, 2.05) is 18.2 Å². The highest BCUT2D eigenvalue weighted by Gasteiger charge is 2.23. The topological polar surface area (TPSA) is 47.3 Å². The summed E-state index contributed by atoms with van der Waals surface area (Å²) in [5.74, 6) is 0.946. The molecular weight excluding hydrogens is 200 g/mol. The van der Waals surface area contributed by atoms with Crippen molar-refractivity contribution in [3.05, 3.63) is 29.8 Å². The van der Waals surface area contributed by atoms with Gasteiger partial charge in [-0.1, -0.05) is 24.6 Å². The summed E-state index contributed by atoms with van der Waals surface area (Å²) in [4.78, 5) is 0. The second-order valence-corrected chi connectivity index (χ2v) is 4.39. The van der Waals surface area contributed by atoms with Crippen LogP contribution in [0.3, 0.4) is 0 Å². The van der Waals surface area contributed by atoms with E-state index in [1.54, 1.807) is 7.11 Å². The van der Waals surface area contributed by atoms with Gasteiger partial charge in [-0.25, -0.2) is 0 Å². The molecule has 1 aromatic carbocycles. The maximum Gasteiger partial charge on any atom is 0.123 e. The van der Waals surface area contributed by atoms with Gasteiger partial charge in [0.1, 0.15) is 5.75 Å². The molecule has 1 aliphatic carbocycles. The van der Waals surface area contributed by atoms with E-state index in [1.165, 1.54) is 18.4 Å². The Kier molecular flexibility index (Phi) is 3.80. The Morgan fingerprint density at radius 2 is 2.19 bits per heavy atom. The maximum atomic E-state index is 6.02. The monoisotopic (exact) mass is 220 g/mol. The lowest BCUT2D eigenvalue weighted by Crippen LogP contribution is -2.40. The minimum Gasteiger partial charge on any atom is -0.496 e. The summed E-state index contributed by atoms with van der Waals surface area (Å²) in [5, 5.41) is 3.52. The molecule has 2 rings (SSSR count). The second kappa shape index (κ2) is 5.32. The molecule has 2 atom stereocenters. The van der Waals surface area contributed by atoms with Crippen molar-refractivity contribution in [2.24, 2.45) is 5.73 Å². The van der Waals surface area contributed by atoms with Gasteiger partial charge in [0.25, 0.3) is 0 Å². The lowest BCUT2D eigenvalue weighted by Gasteiger charge is -2.18. The molecule has 0 aromatic heterocycles. The molecule has 0 spiro atoms. The standard InChI is InChI=1S/C13H20N2O/c1-16-13-8-3-2-5-10(13)9-15-12-7-4-6-11(12)14/h2-3,5,8,11-12,15H,4,6-7,9,14H2,1H3. The van der Waals surface area contributed by atoms with Crippen molar-refractivity contribution in [2.45, 2.75) is 37.9 Å². The van der Waals surface area contributed by atoms with Crippen LogP contribution >= 0.6 is 0 Å². The first-order valence-electron chi connectivity index (χ1n) is 5.92. The molecular formula is C13H20N2O. The van der Waals surface area contributed by atoms with Crippen molar-refractivity contribution in [3.63, 3.8) is 0 Å². The van der Waals surface area contributed by atoms with Crippen LogP contribution in [0.4, 0.5) is 0 Å². The highest BCUT2D eigenvalue weighted by molar-refractivity contribution is 5.33. The summed E-state index contributed by atoms with van der Waals surface area (Å²) in [7, 11) is 1.71. The summed E-state index contributed by atoms with van der Waals surface area (Å²) < 4.78 is 5.32. The van der Waals surface area contributed by atoms with Crippen molar-refractivity contribution in [2.75, 3.05) is 7.11 Å². The van der Waals surface area contributed by atoms with E-state index in [0.717, 1.165) is 18.7 Å². The molecule has 0 saturated heterocycles. The average Bonchev–Trinajstić information content (AvgIpc) is 2.72. The minimum absolute atomic E-state index is 0.315. The van der Waals surface area contributed by atoms with Crippen LogP contribution in [0.2, 0.25) is 0 Å². The number of methoxy groups -OCH3 is 1. The third kappa shape index (κ3) is 2.54. The van der Waals surface area contributed by atoms with Crippen LogP contribution in [0.25, 0.3) is 0 Å². The Labute approximate surface area is 97.0 Å². The Hall–Kier alpha value is -1.06. The molecule has 0 radical (unpaired) electrons. The van der Waals surface area contributed by atoms with Gasteiger partial charge >= 0.3 is 0 Å². The molecule has 16 heavy (non-hydrogen) atoms. The minimum atomic E-state index is 0.315. The second-order valence-electron chi connectivity index (χ2n) is 4.39. The molecule has 0 bridgehead atoms. The van der Waals surface area contributed by atoms with Crippen LogP contribution < -0.4 is 15.8 Å². The van der Waals surface area contributed by atoms with Gasteiger partial charge in [0.2, 0.25) is 0 Å². The molecule has 2 unspecified atom stereocenters. The molecule has 3 N–H and O–H groups in total. The van der Waals surface area contributed by atoms with E-state index >= 15 is 0 Å². The zero-order valence-corrected chi connectivity index (χ0v) is 9.78. The Morgan fingerprint density at radius 3 is 2.88 bits per heavy atom. The number of ether oxygens (including phenoxy) is 1. The van der Waals surface area contributed by atoms with Gasteiger partial charge in [0.05, 0.1) is 7.11 Å².